The van der Waals surface area contributed by atoms with Gasteiger partial charge in [-0.1, -0.05) is 76.2 Å². The lowest BCUT2D eigenvalue weighted by Crippen LogP contribution is -1.93. The van der Waals surface area contributed by atoms with Gasteiger partial charge in [0.05, 0.1) is 0 Å². The SMILES string of the molecule is CCCCCC/C=C/CCC/C=C/CCCCCCCCC(=O)O. The Morgan fingerprint density at radius 2 is 1.04 bits per heavy atom. The summed E-state index contributed by atoms with van der Waals surface area (Å²) < 4.78 is 0. The Bertz CT molecular complexity index is 318. The summed E-state index contributed by atoms with van der Waals surface area (Å²) in [6.07, 6.45) is 28.2. The predicted molar refractivity (Wildman–Crippen MR) is 105 cm³/mol. The molecule has 0 rings (SSSR count). The summed E-state index contributed by atoms with van der Waals surface area (Å²) in [6.45, 7) is 2.26. The van der Waals surface area contributed by atoms with E-state index in [0.717, 1.165) is 12.8 Å². The number of carboxylic acids is 1. The van der Waals surface area contributed by atoms with Crippen molar-refractivity contribution >= 4 is 5.97 Å². The third kappa shape index (κ3) is 20.9. The number of hydrogen-bond acceptors (Lipinski definition) is 1. The third-order valence-electron chi connectivity index (χ3n) is 4.31. The molecule has 0 radical (unpaired) electrons. The summed E-state index contributed by atoms with van der Waals surface area (Å²) in [5.74, 6) is -0.664. The summed E-state index contributed by atoms with van der Waals surface area (Å²) >= 11 is 0. The predicted octanol–water partition coefficient (Wildman–Crippen LogP) is 7.44. The van der Waals surface area contributed by atoms with Crippen molar-refractivity contribution in [1.29, 1.82) is 0 Å². The first-order valence-corrected chi connectivity index (χ1v) is 10.3. The molecular formula is C22H40O2. The van der Waals surface area contributed by atoms with E-state index in [2.05, 4.69) is 31.2 Å². The molecule has 140 valence electrons. The minimum absolute atomic E-state index is 0.330. The van der Waals surface area contributed by atoms with Crippen LogP contribution in [0.5, 0.6) is 0 Å². The zero-order valence-corrected chi connectivity index (χ0v) is 16.0. The lowest BCUT2D eigenvalue weighted by atomic mass is 10.1. The van der Waals surface area contributed by atoms with Crippen molar-refractivity contribution in [2.24, 2.45) is 0 Å². The molecule has 0 bridgehead atoms. The van der Waals surface area contributed by atoms with Crippen molar-refractivity contribution in [1.82, 2.24) is 0 Å². The maximum atomic E-state index is 10.4. The first kappa shape index (κ1) is 22.9. The highest BCUT2D eigenvalue weighted by molar-refractivity contribution is 5.66. The molecule has 0 amide bonds. The molecule has 24 heavy (non-hydrogen) atoms. The minimum atomic E-state index is -0.664. The van der Waals surface area contributed by atoms with Gasteiger partial charge in [-0.2, -0.15) is 0 Å². The molecule has 0 saturated carbocycles. The Balaban J connectivity index is 3.16. The molecule has 0 aromatic rings. The molecule has 0 aliphatic heterocycles. The van der Waals surface area contributed by atoms with E-state index in [1.165, 1.54) is 83.5 Å². The van der Waals surface area contributed by atoms with E-state index < -0.39 is 5.97 Å². The van der Waals surface area contributed by atoms with Crippen LogP contribution in [0.1, 0.15) is 110 Å². The molecule has 0 atom stereocenters. The van der Waals surface area contributed by atoms with Gasteiger partial charge in [0.15, 0.2) is 0 Å². The molecule has 0 aromatic carbocycles. The molecule has 0 aromatic heterocycles. The molecule has 0 aliphatic carbocycles. The van der Waals surface area contributed by atoms with Crippen LogP contribution in [-0.2, 0) is 4.79 Å². The van der Waals surface area contributed by atoms with Gasteiger partial charge in [0.25, 0.3) is 0 Å². The first-order valence-electron chi connectivity index (χ1n) is 10.3. The highest BCUT2D eigenvalue weighted by Gasteiger charge is 1.96. The van der Waals surface area contributed by atoms with Crippen LogP contribution in [0.4, 0.5) is 0 Å². The van der Waals surface area contributed by atoms with Gasteiger partial charge in [-0.05, 0) is 51.4 Å². The van der Waals surface area contributed by atoms with Crippen LogP contribution in [0.15, 0.2) is 24.3 Å². The van der Waals surface area contributed by atoms with Crippen LogP contribution in [0, 0.1) is 0 Å². The summed E-state index contributed by atoms with van der Waals surface area (Å²) in [5.41, 5.74) is 0. The molecule has 2 heteroatoms. The van der Waals surface area contributed by atoms with Crippen LogP contribution >= 0.6 is 0 Å². The molecule has 0 heterocycles. The van der Waals surface area contributed by atoms with Crippen LogP contribution in [0.25, 0.3) is 0 Å². The highest BCUT2D eigenvalue weighted by Crippen LogP contribution is 2.09. The summed E-state index contributed by atoms with van der Waals surface area (Å²) in [5, 5.41) is 8.55. The van der Waals surface area contributed by atoms with E-state index in [0.29, 0.717) is 6.42 Å². The summed E-state index contributed by atoms with van der Waals surface area (Å²) in [6, 6.07) is 0. The van der Waals surface area contributed by atoms with Crippen LogP contribution in [0.3, 0.4) is 0 Å². The van der Waals surface area contributed by atoms with Gasteiger partial charge in [0.2, 0.25) is 0 Å². The zero-order chi connectivity index (χ0) is 17.7. The maximum Gasteiger partial charge on any atom is 0.303 e. The minimum Gasteiger partial charge on any atom is -0.481 e. The number of unbranched alkanes of at least 4 members (excludes halogenated alkanes) is 12. The average molecular weight is 337 g/mol. The summed E-state index contributed by atoms with van der Waals surface area (Å²) in [4.78, 5) is 10.4. The molecule has 0 fully saturated rings. The van der Waals surface area contributed by atoms with Gasteiger partial charge in [-0.15, -0.1) is 0 Å². The van der Waals surface area contributed by atoms with E-state index in [9.17, 15) is 4.79 Å². The lowest BCUT2D eigenvalue weighted by molar-refractivity contribution is -0.137. The van der Waals surface area contributed by atoms with Crippen molar-refractivity contribution < 1.29 is 9.90 Å². The maximum absolute atomic E-state index is 10.4. The van der Waals surface area contributed by atoms with Gasteiger partial charge < -0.3 is 5.11 Å². The van der Waals surface area contributed by atoms with Crippen LogP contribution in [0.2, 0.25) is 0 Å². The fraction of sp³-hybridized carbons (Fsp3) is 0.773. The molecule has 0 spiro atoms. The summed E-state index contributed by atoms with van der Waals surface area (Å²) in [7, 11) is 0. The van der Waals surface area contributed by atoms with E-state index in [1.54, 1.807) is 0 Å². The molecule has 2 nitrogen and oxygen atoms in total. The smallest absolute Gasteiger partial charge is 0.303 e. The van der Waals surface area contributed by atoms with Gasteiger partial charge in [-0.3, -0.25) is 4.79 Å². The Morgan fingerprint density at radius 1 is 0.625 bits per heavy atom. The van der Waals surface area contributed by atoms with Gasteiger partial charge in [0.1, 0.15) is 0 Å². The Kier molecular flexibility index (Phi) is 19.1. The van der Waals surface area contributed by atoms with Crippen LogP contribution < -0.4 is 0 Å². The first-order chi connectivity index (χ1) is 11.8. The molecule has 1 N–H and O–H groups in total. The zero-order valence-electron chi connectivity index (χ0n) is 16.0. The van der Waals surface area contributed by atoms with Gasteiger partial charge in [0, 0.05) is 6.42 Å². The molecule has 0 aliphatic rings. The second-order valence-electron chi connectivity index (χ2n) is 6.78. The Morgan fingerprint density at radius 3 is 1.54 bits per heavy atom. The molecule has 0 unspecified atom stereocenters. The largest absolute Gasteiger partial charge is 0.481 e. The van der Waals surface area contributed by atoms with E-state index in [4.69, 9.17) is 5.11 Å². The average Bonchev–Trinajstić information content (AvgIpc) is 2.56. The number of hydrogen-bond donors (Lipinski definition) is 1. The van der Waals surface area contributed by atoms with Crippen molar-refractivity contribution in [3.8, 4) is 0 Å². The third-order valence-corrected chi connectivity index (χ3v) is 4.31. The van der Waals surface area contributed by atoms with Crippen molar-refractivity contribution in [2.45, 2.75) is 110 Å². The van der Waals surface area contributed by atoms with E-state index >= 15 is 0 Å². The van der Waals surface area contributed by atoms with Crippen molar-refractivity contribution in [3.05, 3.63) is 24.3 Å². The number of rotatable bonds is 18. The molecular weight excluding hydrogens is 296 g/mol. The van der Waals surface area contributed by atoms with E-state index in [-0.39, 0.29) is 0 Å². The topological polar surface area (TPSA) is 37.3 Å². The number of carbonyl (C=O) groups is 1. The second kappa shape index (κ2) is 20.0. The fourth-order valence-electron chi connectivity index (χ4n) is 2.76. The number of aliphatic carboxylic acids is 1. The Hall–Kier alpha value is -1.05. The van der Waals surface area contributed by atoms with Crippen molar-refractivity contribution in [3.63, 3.8) is 0 Å². The van der Waals surface area contributed by atoms with E-state index in [1.807, 2.05) is 0 Å². The number of carboxylic acid groups (broad SMARTS) is 1. The normalized spacial score (nSPS) is 11.7. The standard InChI is InChI=1S/C22H40O2/c1-2-3-4-5-6-7-8-9-10-11-12-13-14-15-16-17-18-19-20-21-22(23)24/h7-8,12-13H,2-6,9-11,14-21H2,1H3,(H,23,24)/b8-7+,13-12+. The highest BCUT2D eigenvalue weighted by atomic mass is 16.4. The number of allylic oxidation sites excluding steroid dienone is 4. The Labute approximate surface area is 150 Å². The van der Waals surface area contributed by atoms with Crippen LogP contribution in [-0.4, -0.2) is 11.1 Å². The quantitative estimate of drug-likeness (QED) is 0.208. The lowest BCUT2D eigenvalue weighted by Gasteiger charge is -1.99. The van der Waals surface area contributed by atoms with Crippen molar-refractivity contribution in [2.75, 3.05) is 0 Å². The van der Waals surface area contributed by atoms with Gasteiger partial charge in [-0.25, -0.2) is 0 Å². The second-order valence-corrected chi connectivity index (χ2v) is 6.78. The van der Waals surface area contributed by atoms with Gasteiger partial charge >= 0.3 is 5.97 Å². The molecule has 0 saturated heterocycles. The fourth-order valence-corrected chi connectivity index (χ4v) is 2.76. The monoisotopic (exact) mass is 336 g/mol.